The molecule has 1 saturated heterocycles. The average molecular weight is 313 g/mol. The Bertz CT molecular complexity index is 502. The van der Waals surface area contributed by atoms with E-state index in [-0.39, 0.29) is 12.0 Å². The summed E-state index contributed by atoms with van der Waals surface area (Å²) in [5, 5.41) is 0.455. The maximum Gasteiger partial charge on any atom is 0.409 e. The average Bonchev–Trinajstić information content (AvgIpc) is 2.47. The summed E-state index contributed by atoms with van der Waals surface area (Å²) in [6.07, 6.45) is -0.249. The first kappa shape index (κ1) is 15.8. The second kappa shape index (κ2) is 6.93. The Balaban J connectivity index is 2.03. The van der Waals surface area contributed by atoms with Crippen molar-refractivity contribution in [1.29, 1.82) is 0 Å². The molecular weight excluding hydrogens is 292 g/mol. The van der Waals surface area contributed by atoms with Crippen LogP contribution in [-0.2, 0) is 4.74 Å². The standard InChI is InChI=1S/C14H21ClN4O2/c1-4-21-14(20)19-7-5-18(6-8-19)12-9-11(15)16-13(17-12)10(2)3/h9-10H,4-8H2,1-3H3. The number of amides is 1. The minimum Gasteiger partial charge on any atom is -0.450 e. The molecule has 0 radical (unpaired) electrons. The fourth-order valence-electron chi connectivity index (χ4n) is 2.18. The van der Waals surface area contributed by atoms with Gasteiger partial charge in [0.25, 0.3) is 0 Å². The summed E-state index contributed by atoms with van der Waals surface area (Å²) in [6, 6.07) is 1.77. The van der Waals surface area contributed by atoms with Gasteiger partial charge in [-0.15, -0.1) is 0 Å². The summed E-state index contributed by atoms with van der Waals surface area (Å²) in [5.74, 6) is 1.79. The number of rotatable bonds is 3. The van der Waals surface area contributed by atoms with E-state index in [9.17, 15) is 4.79 Å². The maximum absolute atomic E-state index is 11.7. The zero-order chi connectivity index (χ0) is 15.4. The van der Waals surface area contributed by atoms with Crippen LogP contribution in [0.4, 0.5) is 10.6 Å². The molecule has 0 spiro atoms. The highest BCUT2D eigenvalue weighted by atomic mass is 35.5. The fourth-order valence-corrected chi connectivity index (χ4v) is 2.36. The lowest BCUT2D eigenvalue weighted by molar-refractivity contribution is 0.105. The van der Waals surface area contributed by atoms with Crippen molar-refractivity contribution in [3.05, 3.63) is 17.0 Å². The van der Waals surface area contributed by atoms with Gasteiger partial charge in [0.2, 0.25) is 0 Å². The van der Waals surface area contributed by atoms with Gasteiger partial charge in [-0.05, 0) is 6.92 Å². The molecule has 21 heavy (non-hydrogen) atoms. The third kappa shape index (κ3) is 3.97. The highest BCUT2D eigenvalue weighted by Crippen LogP contribution is 2.21. The summed E-state index contributed by atoms with van der Waals surface area (Å²) < 4.78 is 5.01. The number of hydrogen-bond acceptors (Lipinski definition) is 5. The maximum atomic E-state index is 11.7. The van der Waals surface area contributed by atoms with Crippen LogP contribution in [0.2, 0.25) is 5.15 Å². The Morgan fingerprint density at radius 1 is 1.33 bits per heavy atom. The van der Waals surface area contributed by atoms with E-state index >= 15 is 0 Å². The number of halogens is 1. The van der Waals surface area contributed by atoms with Crippen LogP contribution >= 0.6 is 11.6 Å². The van der Waals surface area contributed by atoms with Crippen molar-refractivity contribution in [3.63, 3.8) is 0 Å². The molecule has 0 atom stereocenters. The second-order valence-corrected chi connectivity index (χ2v) is 5.62. The monoisotopic (exact) mass is 312 g/mol. The Labute approximate surface area is 130 Å². The first-order valence-corrected chi connectivity index (χ1v) is 7.60. The molecule has 1 amide bonds. The van der Waals surface area contributed by atoms with Crippen LogP contribution in [0.5, 0.6) is 0 Å². The molecule has 0 saturated carbocycles. The lowest BCUT2D eigenvalue weighted by Crippen LogP contribution is -2.49. The van der Waals surface area contributed by atoms with Crippen molar-refractivity contribution in [1.82, 2.24) is 14.9 Å². The smallest absolute Gasteiger partial charge is 0.409 e. The number of ether oxygens (including phenoxy) is 1. The number of nitrogens with zero attached hydrogens (tertiary/aromatic N) is 4. The van der Waals surface area contributed by atoms with E-state index in [1.807, 2.05) is 20.8 Å². The third-order valence-electron chi connectivity index (χ3n) is 3.34. The van der Waals surface area contributed by atoms with Gasteiger partial charge in [-0.3, -0.25) is 0 Å². The molecule has 1 aliphatic rings. The largest absolute Gasteiger partial charge is 0.450 e. The Morgan fingerprint density at radius 3 is 2.57 bits per heavy atom. The molecule has 0 aromatic carbocycles. The quantitative estimate of drug-likeness (QED) is 0.803. The van der Waals surface area contributed by atoms with Gasteiger partial charge in [-0.2, -0.15) is 0 Å². The molecule has 1 aromatic heterocycles. The molecule has 2 heterocycles. The van der Waals surface area contributed by atoms with Crippen LogP contribution in [0.3, 0.4) is 0 Å². The Hall–Kier alpha value is -1.56. The predicted molar refractivity (Wildman–Crippen MR) is 81.9 cm³/mol. The van der Waals surface area contributed by atoms with Gasteiger partial charge in [0.15, 0.2) is 0 Å². The number of carbonyl (C=O) groups is 1. The second-order valence-electron chi connectivity index (χ2n) is 5.23. The number of hydrogen-bond donors (Lipinski definition) is 0. The fraction of sp³-hybridized carbons (Fsp3) is 0.643. The minimum absolute atomic E-state index is 0.225. The van der Waals surface area contributed by atoms with Crippen molar-refractivity contribution < 1.29 is 9.53 Å². The van der Waals surface area contributed by atoms with Crippen molar-refractivity contribution in [2.24, 2.45) is 0 Å². The van der Waals surface area contributed by atoms with Crippen LogP contribution in [-0.4, -0.2) is 53.7 Å². The molecule has 7 heteroatoms. The van der Waals surface area contributed by atoms with Crippen LogP contribution in [0.15, 0.2) is 6.07 Å². The van der Waals surface area contributed by atoms with Gasteiger partial charge in [0.05, 0.1) is 6.61 Å². The van der Waals surface area contributed by atoms with E-state index in [2.05, 4.69) is 14.9 Å². The van der Waals surface area contributed by atoms with E-state index in [1.165, 1.54) is 0 Å². The van der Waals surface area contributed by atoms with E-state index in [1.54, 1.807) is 11.0 Å². The summed E-state index contributed by atoms with van der Waals surface area (Å²) in [5.41, 5.74) is 0. The van der Waals surface area contributed by atoms with Gasteiger partial charge in [0, 0.05) is 38.2 Å². The highest BCUT2D eigenvalue weighted by Gasteiger charge is 2.23. The van der Waals surface area contributed by atoms with E-state index in [0.29, 0.717) is 37.9 Å². The lowest BCUT2D eigenvalue weighted by atomic mass is 10.2. The number of aromatic nitrogens is 2. The molecule has 1 aromatic rings. The van der Waals surface area contributed by atoms with Crippen LogP contribution in [0.1, 0.15) is 32.5 Å². The zero-order valence-corrected chi connectivity index (χ0v) is 13.4. The topological polar surface area (TPSA) is 58.6 Å². The van der Waals surface area contributed by atoms with Gasteiger partial charge in [-0.25, -0.2) is 14.8 Å². The first-order chi connectivity index (χ1) is 10.0. The lowest BCUT2D eigenvalue weighted by Gasteiger charge is -2.34. The third-order valence-corrected chi connectivity index (χ3v) is 3.54. The van der Waals surface area contributed by atoms with Crippen molar-refractivity contribution in [2.45, 2.75) is 26.7 Å². The molecule has 0 unspecified atom stereocenters. The number of piperazine rings is 1. The summed E-state index contributed by atoms with van der Waals surface area (Å²) >= 11 is 6.07. The van der Waals surface area contributed by atoms with E-state index in [0.717, 1.165) is 11.6 Å². The molecule has 2 rings (SSSR count). The first-order valence-electron chi connectivity index (χ1n) is 7.22. The van der Waals surface area contributed by atoms with Crippen LogP contribution in [0, 0.1) is 0 Å². The molecule has 0 N–H and O–H groups in total. The highest BCUT2D eigenvalue weighted by molar-refractivity contribution is 6.29. The Kier molecular flexibility index (Phi) is 5.22. The summed E-state index contributed by atoms with van der Waals surface area (Å²) in [7, 11) is 0. The molecule has 116 valence electrons. The molecule has 0 aliphatic carbocycles. The van der Waals surface area contributed by atoms with Gasteiger partial charge in [0.1, 0.15) is 16.8 Å². The minimum atomic E-state index is -0.249. The molecular formula is C14H21ClN4O2. The molecule has 6 nitrogen and oxygen atoms in total. The van der Waals surface area contributed by atoms with Gasteiger partial charge in [-0.1, -0.05) is 25.4 Å². The molecule has 1 aliphatic heterocycles. The summed E-state index contributed by atoms with van der Waals surface area (Å²) in [4.78, 5) is 24.3. The van der Waals surface area contributed by atoms with E-state index in [4.69, 9.17) is 16.3 Å². The zero-order valence-electron chi connectivity index (χ0n) is 12.7. The molecule has 0 bridgehead atoms. The van der Waals surface area contributed by atoms with E-state index < -0.39 is 0 Å². The number of carbonyl (C=O) groups excluding carboxylic acids is 1. The van der Waals surface area contributed by atoms with Crippen LogP contribution < -0.4 is 4.90 Å². The normalized spacial score (nSPS) is 15.5. The van der Waals surface area contributed by atoms with Gasteiger partial charge < -0.3 is 14.5 Å². The Morgan fingerprint density at radius 2 is 2.00 bits per heavy atom. The van der Waals surface area contributed by atoms with Crippen molar-refractivity contribution >= 4 is 23.5 Å². The van der Waals surface area contributed by atoms with Crippen molar-refractivity contribution in [3.8, 4) is 0 Å². The van der Waals surface area contributed by atoms with Crippen LogP contribution in [0.25, 0.3) is 0 Å². The van der Waals surface area contributed by atoms with Crippen molar-refractivity contribution in [2.75, 3.05) is 37.7 Å². The predicted octanol–water partition coefficient (Wildman–Crippen LogP) is 2.53. The SMILES string of the molecule is CCOC(=O)N1CCN(c2cc(Cl)nc(C(C)C)n2)CC1. The summed E-state index contributed by atoms with van der Waals surface area (Å²) in [6.45, 7) is 8.95. The van der Waals surface area contributed by atoms with Gasteiger partial charge >= 0.3 is 6.09 Å². The molecule has 1 fully saturated rings. The number of anilines is 1.